The normalized spacial score (nSPS) is 13.3. The molecule has 5 aromatic rings. The van der Waals surface area contributed by atoms with E-state index in [0.717, 1.165) is 66.2 Å². The van der Waals surface area contributed by atoms with E-state index < -0.39 is 0 Å². The molecule has 0 saturated carbocycles. The van der Waals surface area contributed by atoms with Crippen LogP contribution in [0.25, 0.3) is 22.7 Å². The largest absolute Gasteiger partial charge is 0.497 e. The smallest absolute Gasteiger partial charge is 0.282 e. The summed E-state index contributed by atoms with van der Waals surface area (Å²) < 4.78 is 14.6. The molecule has 2 heterocycles. The third kappa shape index (κ3) is 8.52. The van der Waals surface area contributed by atoms with Gasteiger partial charge in [0.25, 0.3) is 5.82 Å². The number of hydrogen-bond acceptors (Lipinski definition) is 5. The van der Waals surface area contributed by atoms with E-state index >= 15 is 0 Å². The fourth-order valence-corrected chi connectivity index (χ4v) is 7.80. The van der Waals surface area contributed by atoms with Crippen LogP contribution in [0.15, 0.2) is 113 Å². The minimum atomic E-state index is 0. The molecule has 0 amide bonds. The average Bonchev–Trinajstić information content (AvgIpc) is 3.42. The van der Waals surface area contributed by atoms with Crippen LogP contribution in [0.1, 0.15) is 30.9 Å². The number of methoxy groups -OCH3 is 2. The first-order valence-corrected chi connectivity index (χ1v) is 17.7. The summed E-state index contributed by atoms with van der Waals surface area (Å²) in [6, 6.07) is 36.7. The molecule has 1 aliphatic rings. The van der Waals surface area contributed by atoms with Crippen LogP contribution in [0.3, 0.4) is 0 Å². The van der Waals surface area contributed by atoms with Crippen LogP contribution in [0, 0.1) is 0 Å². The fraction of sp³-hybridized carbons (Fsp3) is 0.293. The minimum absolute atomic E-state index is 0. The number of ether oxygens (including phenoxy) is 2. The molecule has 8 heteroatoms. The average molecular weight is 750 g/mol. The van der Waals surface area contributed by atoms with Gasteiger partial charge in [0.2, 0.25) is 0 Å². The van der Waals surface area contributed by atoms with E-state index in [1.807, 2.05) is 17.8 Å². The summed E-state index contributed by atoms with van der Waals surface area (Å²) >= 11 is 1.83. The number of aromatic nitrogens is 1. The molecule has 0 fully saturated rings. The van der Waals surface area contributed by atoms with Gasteiger partial charge in [-0.1, -0.05) is 61.2 Å². The van der Waals surface area contributed by atoms with E-state index in [0.29, 0.717) is 0 Å². The fourth-order valence-electron chi connectivity index (χ4n) is 6.70. The topological polar surface area (TPSA) is 28.8 Å². The maximum Gasteiger partial charge on any atom is 0.282 e. The van der Waals surface area contributed by atoms with Crippen molar-refractivity contribution in [2.75, 3.05) is 64.8 Å². The van der Waals surface area contributed by atoms with Crippen LogP contribution in [-0.4, -0.2) is 59.5 Å². The molecule has 1 radical (unpaired) electrons. The van der Waals surface area contributed by atoms with Gasteiger partial charge >= 0.3 is 0 Å². The summed E-state index contributed by atoms with van der Waals surface area (Å²) in [6.45, 7) is 6.20. The number of quaternary nitrogens is 1. The molecule has 6 rings (SSSR count). The Morgan fingerprint density at radius 2 is 1.57 bits per heavy atom. The minimum Gasteiger partial charge on any atom is -0.497 e. The van der Waals surface area contributed by atoms with Crippen LogP contribution in [0.2, 0.25) is 0 Å². The van der Waals surface area contributed by atoms with Crippen molar-refractivity contribution in [2.45, 2.75) is 31.2 Å². The van der Waals surface area contributed by atoms with Gasteiger partial charge in [0.1, 0.15) is 29.2 Å². The van der Waals surface area contributed by atoms with Crippen molar-refractivity contribution >= 4 is 40.2 Å². The summed E-state index contributed by atoms with van der Waals surface area (Å²) in [5.41, 5.74) is 6.01. The van der Waals surface area contributed by atoms with Crippen LogP contribution < -0.4 is 23.8 Å². The maximum atomic E-state index is 5.79. The summed E-state index contributed by atoms with van der Waals surface area (Å²) in [6.07, 6.45) is 4.47. The number of rotatable bonds is 13. The van der Waals surface area contributed by atoms with E-state index in [-0.39, 0.29) is 32.7 Å². The van der Waals surface area contributed by atoms with Crippen molar-refractivity contribution in [1.29, 1.82) is 0 Å². The van der Waals surface area contributed by atoms with Gasteiger partial charge in [-0.05, 0) is 66.6 Å². The van der Waals surface area contributed by atoms with Crippen molar-refractivity contribution in [3.05, 3.63) is 119 Å². The van der Waals surface area contributed by atoms with Gasteiger partial charge in [0.15, 0.2) is 0 Å². The van der Waals surface area contributed by atoms with Crippen LogP contribution >= 0.6 is 11.8 Å². The first-order chi connectivity index (χ1) is 23.3. The molecule has 1 aromatic heterocycles. The van der Waals surface area contributed by atoms with E-state index in [9.17, 15) is 0 Å². The predicted molar refractivity (Wildman–Crippen MR) is 202 cm³/mol. The van der Waals surface area contributed by atoms with Crippen LogP contribution in [-0.2, 0) is 39.3 Å². The number of pyridine rings is 1. The third-order valence-electron chi connectivity index (χ3n) is 9.09. The SMILES string of the molecule is CCCN(CCC[N+](C)(C)Cc1cccc(OC)c1)c1cc(C=C2Sc3ccccc3N2C)c2ccc(OC)cc2[n+]1-c1ccccc1.[Y]. The Morgan fingerprint density at radius 3 is 2.31 bits per heavy atom. The first-order valence-electron chi connectivity index (χ1n) is 16.8. The number of nitrogens with zero attached hydrogens (tertiary/aromatic N) is 4. The molecule has 4 aromatic carbocycles. The Labute approximate surface area is 321 Å². The van der Waals surface area contributed by atoms with Crippen molar-refractivity contribution in [3.8, 4) is 17.2 Å². The van der Waals surface area contributed by atoms with Crippen molar-refractivity contribution in [1.82, 2.24) is 0 Å². The van der Waals surface area contributed by atoms with Gasteiger partial charge in [0.05, 0.1) is 58.7 Å². The van der Waals surface area contributed by atoms with Crippen LogP contribution in [0.4, 0.5) is 11.5 Å². The van der Waals surface area contributed by atoms with Crippen molar-refractivity contribution < 1.29 is 51.2 Å². The second kappa shape index (κ2) is 16.6. The van der Waals surface area contributed by atoms with E-state index in [2.05, 4.69) is 146 Å². The summed E-state index contributed by atoms with van der Waals surface area (Å²) in [5.74, 6) is 2.95. The number of para-hydroxylation sites is 2. The van der Waals surface area contributed by atoms with E-state index in [4.69, 9.17) is 9.47 Å². The Bertz CT molecular complexity index is 1910. The Morgan fingerprint density at radius 1 is 0.837 bits per heavy atom. The molecule has 0 N–H and O–H groups in total. The van der Waals surface area contributed by atoms with Gasteiger partial charge in [-0.25, -0.2) is 0 Å². The zero-order valence-electron chi connectivity index (χ0n) is 29.7. The Balaban J connectivity index is 0.00000468. The molecule has 0 aliphatic carbocycles. The van der Waals surface area contributed by atoms with Crippen LogP contribution in [0.5, 0.6) is 11.5 Å². The Hall–Kier alpha value is -3.36. The monoisotopic (exact) mass is 749 g/mol. The second-order valence-electron chi connectivity index (χ2n) is 13.1. The summed E-state index contributed by atoms with van der Waals surface area (Å²) in [5, 5.41) is 2.41. The number of thioether (sulfide) groups is 1. The first kappa shape index (κ1) is 36.9. The molecular formula is C41H48N4O2SY+2. The molecule has 6 nitrogen and oxygen atoms in total. The van der Waals surface area contributed by atoms with Crippen molar-refractivity contribution in [2.24, 2.45) is 0 Å². The maximum absolute atomic E-state index is 5.79. The standard InChI is InChI=1S/C41H48N4O2S.Y/c1-7-23-43(24-14-25-45(3,4)30-31-15-13-18-34(26-31)46-5)40-27-32(28-41-42(2)37-19-11-12-20-39(37)48-41)36-22-21-35(47-6)29-38(36)44(40)33-16-9-8-10-17-33;/h8-13,15-22,26-29H,7,14,23-25,30H2,1-6H3;/q+2;. The van der Waals surface area contributed by atoms with Gasteiger partial charge in [-0.3, -0.25) is 4.90 Å². The number of fused-ring (bicyclic) bond motifs is 2. The third-order valence-corrected chi connectivity index (χ3v) is 10.3. The molecular weight excluding hydrogens is 701 g/mol. The number of benzene rings is 4. The van der Waals surface area contributed by atoms with E-state index in [1.54, 1.807) is 14.2 Å². The zero-order valence-corrected chi connectivity index (χ0v) is 33.4. The number of anilines is 2. The second-order valence-corrected chi connectivity index (χ2v) is 14.2. The van der Waals surface area contributed by atoms with Gasteiger partial charge < -0.3 is 18.9 Å². The molecule has 0 atom stereocenters. The van der Waals surface area contributed by atoms with E-state index in [1.165, 1.54) is 37.9 Å². The quantitative estimate of drug-likeness (QED) is 0.0890. The van der Waals surface area contributed by atoms with Gasteiger partial charge in [-0.15, -0.1) is 0 Å². The molecule has 0 bridgehead atoms. The number of hydrogen-bond donors (Lipinski definition) is 0. The summed E-state index contributed by atoms with van der Waals surface area (Å²) in [7, 11) is 10.3. The summed E-state index contributed by atoms with van der Waals surface area (Å²) in [4.78, 5) is 6.18. The molecule has 0 spiro atoms. The molecule has 251 valence electrons. The molecule has 49 heavy (non-hydrogen) atoms. The zero-order chi connectivity index (χ0) is 33.7. The molecule has 1 aliphatic heterocycles. The molecule has 0 saturated heterocycles. The predicted octanol–water partition coefficient (Wildman–Crippen LogP) is 8.55. The molecule has 0 unspecified atom stereocenters. The Kier molecular flexibility index (Phi) is 12.5. The van der Waals surface area contributed by atoms with Crippen molar-refractivity contribution in [3.63, 3.8) is 0 Å². The van der Waals surface area contributed by atoms with Gasteiger partial charge in [-0.2, -0.15) is 4.57 Å². The van der Waals surface area contributed by atoms with Gasteiger partial charge in [0, 0.05) is 74.2 Å².